The summed E-state index contributed by atoms with van der Waals surface area (Å²) in [6, 6.07) is 4.16. The average molecular weight is 295 g/mol. The Morgan fingerprint density at radius 3 is 2.86 bits per heavy atom. The zero-order valence-corrected chi connectivity index (χ0v) is 12.0. The lowest BCUT2D eigenvalue weighted by atomic mass is 10.1. The van der Waals surface area contributed by atoms with Crippen molar-refractivity contribution in [3.05, 3.63) is 30.1 Å². The van der Waals surface area contributed by atoms with E-state index in [2.05, 4.69) is 15.6 Å². The molecule has 1 unspecified atom stereocenters. The normalized spacial score (nSPS) is 11.7. The minimum atomic E-state index is -1.05. The molecule has 1 heterocycles. The predicted octanol–water partition coefficient (Wildman–Crippen LogP) is 0.803. The maximum atomic E-state index is 11.6. The minimum absolute atomic E-state index is 0.330. The highest BCUT2D eigenvalue weighted by atomic mass is 16.5. The lowest BCUT2D eigenvalue weighted by molar-refractivity contribution is -0.139. The molecule has 1 atom stereocenters. The lowest BCUT2D eigenvalue weighted by Gasteiger charge is -2.14. The number of urea groups is 1. The van der Waals surface area contributed by atoms with E-state index in [1.165, 1.54) is 0 Å². The van der Waals surface area contributed by atoms with Gasteiger partial charge in [0, 0.05) is 38.6 Å². The first kappa shape index (κ1) is 16.9. The molecule has 0 aromatic carbocycles. The van der Waals surface area contributed by atoms with Crippen molar-refractivity contribution in [1.82, 2.24) is 15.6 Å². The largest absolute Gasteiger partial charge is 0.480 e. The molecular formula is C14H21N3O4. The van der Waals surface area contributed by atoms with Gasteiger partial charge in [-0.3, -0.25) is 4.98 Å². The zero-order chi connectivity index (χ0) is 15.5. The van der Waals surface area contributed by atoms with Crippen LogP contribution in [0.15, 0.2) is 24.4 Å². The Morgan fingerprint density at radius 2 is 2.24 bits per heavy atom. The minimum Gasteiger partial charge on any atom is -0.480 e. The van der Waals surface area contributed by atoms with Crippen molar-refractivity contribution in [2.75, 3.05) is 20.3 Å². The van der Waals surface area contributed by atoms with Crippen LogP contribution in [0.4, 0.5) is 4.79 Å². The van der Waals surface area contributed by atoms with Crippen molar-refractivity contribution in [2.24, 2.45) is 0 Å². The molecule has 21 heavy (non-hydrogen) atoms. The third-order valence-corrected chi connectivity index (χ3v) is 2.84. The number of hydrogen-bond acceptors (Lipinski definition) is 4. The Morgan fingerprint density at radius 1 is 1.43 bits per heavy atom. The van der Waals surface area contributed by atoms with Crippen molar-refractivity contribution in [3.8, 4) is 0 Å². The maximum Gasteiger partial charge on any atom is 0.326 e. The molecule has 2 amide bonds. The topological polar surface area (TPSA) is 101 Å². The number of amides is 2. The molecule has 0 bridgehead atoms. The van der Waals surface area contributed by atoms with Crippen LogP contribution in [0.5, 0.6) is 0 Å². The molecule has 3 N–H and O–H groups in total. The van der Waals surface area contributed by atoms with E-state index >= 15 is 0 Å². The van der Waals surface area contributed by atoms with Crippen LogP contribution in [0, 0.1) is 0 Å². The summed E-state index contributed by atoms with van der Waals surface area (Å²) in [5.41, 5.74) is 0.868. The van der Waals surface area contributed by atoms with E-state index in [1.54, 1.807) is 13.3 Å². The summed E-state index contributed by atoms with van der Waals surface area (Å²) in [6.45, 7) is 0.861. The van der Waals surface area contributed by atoms with Crippen LogP contribution in [0.2, 0.25) is 0 Å². The van der Waals surface area contributed by atoms with E-state index < -0.39 is 18.0 Å². The predicted molar refractivity (Wildman–Crippen MR) is 77.0 cm³/mol. The fourth-order valence-corrected chi connectivity index (χ4v) is 1.75. The molecule has 0 saturated heterocycles. The molecule has 0 saturated carbocycles. The number of carboxylic acids is 1. The van der Waals surface area contributed by atoms with Gasteiger partial charge >= 0.3 is 12.0 Å². The SMILES string of the molecule is COCCCC(NC(=O)NCCc1ccccn1)C(=O)O. The van der Waals surface area contributed by atoms with Crippen molar-refractivity contribution >= 4 is 12.0 Å². The van der Waals surface area contributed by atoms with Crippen LogP contribution in [0.25, 0.3) is 0 Å². The third-order valence-electron chi connectivity index (χ3n) is 2.84. The van der Waals surface area contributed by atoms with Gasteiger partial charge in [-0.1, -0.05) is 6.07 Å². The van der Waals surface area contributed by atoms with Crippen molar-refractivity contribution in [2.45, 2.75) is 25.3 Å². The van der Waals surface area contributed by atoms with Gasteiger partial charge < -0.3 is 20.5 Å². The van der Waals surface area contributed by atoms with E-state index in [-0.39, 0.29) is 0 Å². The number of ether oxygens (including phenoxy) is 1. The lowest BCUT2D eigenvalue weighted by Crippen LogP contribution is -2.46. The van der Waals surface area contributed by atoms with Gasteiger partial charge in [0.1, 0.15) is 6.04 Å². The number of hydrogen-bond donors (Lipinski definition) is 3. The van der Waals surface area contributed by atoms with E-state index in [1.807, 2.05) is 18.2 Å². The van der Waals surface area contributed by atoms with Gasteiger partial charge in [-0.2, -0.15) is 0 Å². The van der Waals surface area contributed by atoms with E-state index in [0.29, 0.717) is 32.4 Å². The molecule has 0 spiro atoms. The van der Waals surface area contributed by atoms with Crippen LogP contribution >= 0.6 is 0 Å². The first-order chi connectivity index (χ1) is 10.1. The van der Waals surface area contributed by atoms with E-state index in [9.17, 15) is 9.59 Å². The smallest absolute Gasteiger partial charge is 0.326 e. The summed E-state index contributed by atoms with van der Waals surface area (Å²) in [4.78, 5) is 26.8. The Bertz CT molecular complexity index is 439. The summed E-state index contributed by atoms with van der Waals surface area (Å²) in [6.07, 6.45) is 3.18. The number of rotatable bonds is 9. The highest BCUT2D eigenvalue weighted by Gasteiger charge is 2.18. The van der Waals surface area contributed by atoms with Gasteiger partial charge in [-0.05, 0) is 25.0 Å². The number of aliphatic carboxylic acids is 1. The number of nitrogens with zero attached hydrogens (tertiary/aromatic N) is 1. The molecule has 0 aliphatic rings. The second-order valence-electron chi connectivity index (χ2n) is 4.50. The molecule has 0 fully saturated rings. The van der Waals surface area contributed by atoms with Gasteiger partial charge in [-0.25, -0.2) is 9.59 Å². The zero-order valence-electron chi connectivity index (χ0n) is 12.0. The fourth-order valence-electron chi connectivity index (χ4n) is 1.75. The molecule has 1 rings (SSSR count). The number of methoxy groups -OCH3 is 1. The maximum absolute atomic E-state index is 11.6. The molecule has 7 heteroatoms. The Hall–Kier alpha value is -2.15. The average Bonchev–Trinajstić information content (AvgIpc) is 2.47. The summed E-state index contributed by atoms with van der Waals surface area (Å²) >= 11 is 0. The summed E-state index contributed by atoms with van der Waals surface area (Å²) < 4.78 is 4.86. The molecule has 7 nitrogen and oxygen atoms in total. The quantitative estimate of drug-likeness (QED) is 0.585. The molecule has 0 aliphatic heterocycles. The number of carbonyl (C=O) groups excluding carboxylic acids is 1. The van der Waals surface area contributed by atoms with Gasteiger partial charge in [0.2, 0.25) is 0 Å². The van der Waals surface area contributed by atoms with E-state index in [0.717, 1.165) is 5.69 Å². The molecular weight excluding hydrogens is 274 g/mol. The molecule has 1 aromatic rings. The Labute approximate surface area is 123 Å². The summed E-state index contributed by atoms with van der Waals surface area (Å²) in [5.74, 6) is -1.05. The van der Waals surface area contributed by atoms with Crippen molar-refractivity contribution in [3.63, 3.8) is 0 Å². The number of carbonyl (C=O) groups is 2. The molecule has 0 radical (unpaired) electrons. The third kappa shape index (κ3) is 7.26. The second kappa shape index (κ2) is 9.71. The highest BCUT2D eigenvalue weighted by molar-refractivity contribution is 5.82. The van der Waals surface area contributed by atoms with Gasteiger partial charge in [0.25, 0.3) is 0 Å². The van der Waals surface area contributed by atoms with Crippen LogP contribution in [-0.4, -0.2) is 48.4 Å². The van der Waals surface area contributed by atoms with Crippen LogP contribution in [0.3, 0.4) is 0 Å². The van der Waals surface area contributed by atoms with Crippen molar-refractivity contribution in [1.29, 1.82) is 0 Å². The second-order valence-corrected chi connectivity index (χ2v) is 4.50. The number of carboxylic acid groups (broad SMARTS) is 1. The monoisotopic (exact) mass is 295 g/mol. The molecule has 116 valence electrons. The summed E-state index contributed by atoms with van der Waals surface area (Å²) in [7, 11) is 1.55. The summed E-state index contributed by atoms with van der Waals surface area (Å²) in [5, 5.41) is 14.1. The van der Waals surface area contributed by atoms with Crippen molar-refractivity contribution < 1.29 is 19.4 Å². The highest BCUT2D eigenvalue weighted by Crippen LogP contribution is 1.98. The molecule has 1 aromatic heterocycles. The van der Waals surface area contributed by atoms with Gasteiger partial charge in [-0.15, -0.1) is 0 Å². The number of nitrogens with one attached hydrogen (secondary N) is 2. The van der Waals surface area contributed by atoms with Crippen LogP contribution in [-0.2, 0) is 16.0 Å². The van der Waals surface area contributed by atoms with Crippen LogP contribution < -0.4 is 10.6 Å². The Balaban J connectivity index is 2.28. The first-order valence-corrected chi connectivity index (χ1v) is 6.79. The fraction of sp³-hybridized carbons (Fsp3) is 0.500. The van der Waals surface area contributed by atoms with Gasteiger partial charge in [0.15, 0.2) is 0 Å². The molecule has 0 aliphatic carbocycles. The van der Waals surface area contributed by atoms with Crippen LogP contribution in [0.1, 0.15) is 18.5 Å². The Kier molecular flexibility index (Phi) is 7.81. The first-order valence-electron chi connectivity index (χ1n) is 6.79. The van der Waals surface area contributed by atoms with E-state index in [4.69, 9.17) is 9.84 Å². The number of pyridine rings is 1. The standard InChI is InChI=1S/C14H21N3O4/c1-21-10-4-6-12(13(18)19)17-14(20)16-9-7-11-5-2-3-8-15-11/h2-3,5,8,12H,4,6-7,9-10H2,1H3,(H,18,19)(H2,16,17,20). The van der Waals surface area contributed by atoms with Gasteiger partial charge in [0.05, 0.1) is 0 Å². The number of aromatic nitrogens is 1.